The number of halogens is 3. The summed E-state index contributed by atoms with van der Waals surface area (Å²) in [4.78, 5) is 18.7. The van der Waals surface area contributed by atoms with E-state index in [-0.39, 0.29) is 5.91 Å². The molecule has 2 aromatic carbocycles. The van der Waals surface area contributed by atoms with Crippen LogP contribution in [0, 0.1) is 6.92 Å². The van der Waals surface area contributed by atoms with Crippen LogP contribution in [0.3, 0.4) is 0 Å². The van der Waals surface area contributed by atoms with Gasteiger partial charge in [-0.15, -0.1) is 0 Å². The Hall–Kier alpha value is -3.39. The van der Waals surface area contributed by atoms with Crippen molar-refractivity contribution in [2.45, 2.75) is 19.3 Å². The fourth-order valence-electron chi connectivity index (χ4n) is 3.83. The smallest absolute Gasteiger partial charge is 0.376 e. The molecule has 32 heavy (non-hydrogen) atoms. The molecule has 0 aliphatic carbocycles. The summed E-state index contributed by atoms with van der Waals surface area (Å²) in [5, 5.41) is 2.99. The highest BCUT2D eigenvalue weighted by molar-refractivity contribution is 5.94. The summed E-state index contributed by atoms with van der Waals surface area (Å²) in [6.07, 6.45) is -1.66. The van der Waals surface area contributed by atoms with Gasteiger partial charge in [-0.2, -0.15) is 13.2 Å². The van der Waals surface area contributed by atoms with E-state index in [0.717, 1.165) is 28.9 Å². The number of nitrogens with one attached hydrogen (secondary N) is 1. The quantitative estimate of drug-likeness (QED) is 0.640. The Morgan fingerprint density at radius 1 is 1.12 bits per heavy atom. The Labute approximate surface area is 183 Å². The minimum absolute atomic E-state index is 0.254. The molecule has 3 aromatic rings. The van der Waals surface area contributed by atoms with Gasteiger partial charge in [0.1, 0.15) is 6.17 Å². The predicted octanol–water partition coefficient (Wildman–Crippen LogP) is 4.67. The summed E-state index contributed by atoms with van der Waals surface area (Å²) >= 11 is 0. The lowest BCUT2D eigenvalue weighted by Gasteiger charge is -2.38. The molecule has 1 aliphatic heterocycles. The van der Waals surface area contributed by atoms with Gasteiger partial charge in [-0.3, -0.25) is 9.78 Å². The van der Waals surface area contributed by atoms with E-state index in [1.165, 1.54) is 18.3 Å². The van der Waals surface area contributed by atoms with Crippen LogP contribution in [-0.4, -0.2) is 36.8 Å². The second-order valence-corrected chi connectivity index (χ2v) is 7.52. The molecule has 0 spiro atoms. The molecule has 0 saturated carbocycles. The first-order valence-electron chi connectivity index (χ1n) is 10.2. The van der Waals surface area contributed by atoms with Crippen molar-refractivity contribution in [2.75, 3.05) is 24.7 Å². The summed E-state index contributed by atoms with van der Waals surface area (Å²) in [6, 6.07) is 14.2. The first-order chi connectivity index (χ1) is 15.3. The lowest BCUT2D eigenvalue weighted by Crippen LogP contribution is -2.55. The van der Waals surface area contributed by atoms with Gasteiger partial charge >= 0.3 is 6.18 Å². The first-order valence-corrected chi connectivity index (χ1v) is 10.2. The predicted molar refractivity (Wildman–Crippen MR) is 115 cm³/mol. The van der Waals surface area contributed by atoms with Gasteiger partial charge in [0, 0.05) is 24.6 Å². The SMILES string of the molecule is Cc1c(-c2ccc(C(F)(F)F)cc2)cccc1N1CCOCC1NC(=O)c1cccnc1. The maximum atomic E-state index is 12.9. The van der Waals surface area contributed by atoms with E-state index in [1.54, 1.807) is 18.3 Å². The van der Waals surface area contributed by atoms with Crippen molar-refractivity contribution in [3.05, 3.63) is 83.7 Å². The minimum Gasteiger partial charge on any atom is -0.376 e. The highest BCUT2D eigenvalue weighted by Gasteiger charge is 2.30. The molecule has 1 aromatic heterocycles. The van der Waals surface area contributed by atoms with E-state index in [0.29, 0.717) is 30.9 Å². The van der Waals surface area contributed by atoms with Crippen LogP contribution in [0.2, 0.25) is 0 Å². The van der Waals surface area contributed by atoms with Crippen LogP contribution in [0.4, 0.5) is 18.9 Å². The highest BCUT2D eigenvalue weighted by atomic mass is 19.4. The number of nitrogens with zero attached hydrogens (tertiary/aromatic N) is 2. The number of ether oxygens (including phenoxy) is 1. The van der Waals surface area contributed by atoms with Gasteiger partial charge in [-0.25, -0.2) is 0 Å². The van der Waals surface area contributed by atoms with E-state index >= 15 is 0 Å². The number of amides is 1. The largest absolute Gasteiger partial charge is 0.416 e. The van der Waals surface area contributed by atoms with Gasteiger partial charge in [-0.1, -0.05) is 24.3 Å². The summed E-state index contributed by atoms with van der Waals surface area (Å²) in [6.45, 7) is 3.31. The minimum atomic E-state index is -4.37. The molecule has 1 unspecified atom stereocenters. The van der Waals surface area contributed by atoms with Crippen molar-refractivity contribution < 1.29 is 22.7 Å². The van der Waals surface area contributed by atoms with Gasteiger partial charge in [0.2, 0.25) is 0 Å². The fourth-order valence-corrected chi connectivity index (χ4v) is 3.83. The molecule has 1 saturated heterocycles. The highest BCUT2D eigenvalue weighted by Crippen LogP contribution is 2.35. The van der Waals surface area contributed by atoms with Crippen LogP contribution >= 0.6 is 0 Å². The molecule has 1 atom stereocenters. The first kappa shape index (κ1) is 21.8. The van der Waals surface area contributed by atoms with Crippen LogP contribution in [-0.2, 0) is 10.9 Å². The summed E-state index contributed by atoms with van der Waals surface area (Å²) in [5.41, 5.74) is 3.10. The van der Waals surface area contributed by atoms with Crippen LogP contribution < -0.4 is 10.2 Å². The number of morpholine rings is 1. The molecular formula is C24H22F3N3O2. The van der Waals surface area contributed by atoms with Crippen LogP contribution in [0.15, 0.2) is 67.0 Å². The van der Waals surface area contributed by atoms with Crippen molar-refractivity contribution >= 4 is 11.6 Å². The number of hydrogen-bond acceptors (Lipinski definition) is 4. The molecule has 1 fully saturated rings. The Morgan fingerprint density at radius 2 is 1.91 bits per heavy atom. The van der Waals surface area contributed by atoms with Gasteiger partial charge < -0.3 is 15.0 Å². The molecule has 4 rings (SSSR count). The Balaban J connectivity index is 1.61. The number of carbonyl (C=O) groups excluding carboxylic acids is 1. The number of hydrogen-bond donors (Lipinski definition) is 1. The van der Waals surface area contributed by atoms with Crippen molar-refractivity contribution in [1.82, 2.24) is 10.3 Å². The normalized spacial score (nSPS) is 16.6. The van der Waals surface area contributed by atoms with E-state index < -0.39 is 17.9 Å². The standard InChI is InChI=1S/C24H22F3N3O2/c1-16-20(17-7-9-19(10-8-17)24(25,26)27)5-2-6-21(16)30-12-13-32-15-22(30)29-23(31)18-4-3-11-28-14-18/h2-11,14,22H,12-13,15H2,1H3,(H,29,31). The Kier molecular flexibility index (Phi) is 6.14. The molecular weight excluding hydrogens is 419 g/mol. The summed E-state index contributed by atoms with van der Waals surface area (Å²) in [7, 11) is 0. The molecule has 1 amide bonds. The third kappa shape index (κ3) is 4.60. The molecule has 166 valence electrons. The second kappa shape index (κ2) is 9.00. The van der Waals surface area contributed by atoms with Crippen molar-refractivity contribution in [2.24, 2.45) is 0 Å². The Morgan fingerprint density at radius 3 is 2.59 bits per heavy atom. The zero-order valence-corrected chi connectivity index (χ0v) is 17.4. The molecule has 0 radical (unpaired) electrons. The van der Waals surface area contributed by atoms with Gasteiger partial charge in [-0.05, 0) is 53.9 Å². The molecule has 8 heteroatoms. The van der Waals surface area contributed by atoms with E-state index in [1.807, 2.05) is 25.1 Å². The number of anilines is 1. The van der Waals surface area contributed by atoms with E-state index in [2.05, 4.69) is 15.2 Å². The van der Waals surface area contributed by atoms with E-state index in [4.69, 9.17) is 4.74 Å². The topological polar surface area (TPSA) is 54.5 Å². The van der Waals surface area contributed by atoms with Gasteiger partial charge in [0.15, 0.2) is 0 Å². The third-order valence-corrected chi connectivity index (χ3v) is 5.49. The van der Waals surface area contributed by atoms with Crippen molar-refractivity contribution in [3.8, 4) is 11.1 Å². The molecule has 0 bridgehead atoms. The second-order valence-electron chi connectivity index (χ2n) is 7.52. The maximum absolute atomic E-state index is 12.9. The number of carbonyl (C=O) groups is 1. The Bertz CT molecular complexity index is 1090. The van der Waals surface area contributed by atoms with Crippen LogP contribution in [0.25, 0.3) is 11.1 Å². The zero-order chi connectivity index (χ0) is 22.7. The van der Waals surface area contributed by atoms with Crippen LogP contribution in [0.5, 0.6) is 0 Å². The lowest BCUT2D eigenvalue weighted by molar-refractivity contribution is -0.137. The van der Waals surface area contributed by atoms with Crippen molar-refractivity contribution in [1.29, 1.82) is 0 Å². The van der Waals surface area contributed by atoms with Gasteiger partial charge in [0.25, 0.3) is 5.91 Å². The summed E-state index contributed by atoms with van der Waals surface area (Å²) in [5.74, 6) is -0.254. The van der Waals surface area contributed by atoms with Crippen LogP contribution in [0.1, 0.15) is 21.5 Å². The molecule has 1 N–H and O–H groups in total. The molecule has 1 aliphatic rings. The molecule has 5 nitrogen and oxygen atoms in total. The van der Waals surface area contributed by atoms with Crippen molar-refractivity contribution in [3.63, 3.8) is 0 Å². The fraction of sp³-hybridized carbons (Fsp3) is 0.250. The number of aromatic nitrogens is 1. The van der Waals surface area contributed by atoms with E-state index in [9.17, 15) is 18.0 Å². The maximum Gasteiger partial charge on any atom is 0.416 e. The van der Waals surface area contributed by atoms with Gasteiger partial charge in [0.05, 0.1) is 24.3 Å². The number of rotatable bonds is 4. The average molecular weight is 441 g/mol. The zero-order valence-electron chi connectivity index (χ0n) is 17.4. The lowest BCUT2D eigenvalue weighted by atomic mass is 9.97. The molecule has 2 heterocycles. The third-order valence-electron chi connectivity index (χ3n) is 5.49. The number of benzene rings is 2. The summed E-state index contributed by atoms with van der Waals surface area (Å²) < 4.78 is 44.4. The monoisotopic (exact) mass is 441 g/mol. The number of alkyl halides is 3. The number of pyridine rings is 1. The average Bonchev–Trinajstić information content (AvgIpc) is 2.80.